The molecule has 0 aliphatic rings. The lowest BCUT2D eigenvalue weighted by molar-refractivity contribution is 0.528. The summed E-state index contributed by atoms with van der Waals surface area (Å²) in [5, 5.41) is 0. The first kappa shape index (κ1) is 16.5. The summed E-state index contributed by atoms with van der Waals surface area (Å²) in [6, 6.07) is -0.0419. The molecule has 2 N–H and O–H groups in total. The van der Waals surface area contributed by atoms with Crippen molar-refractivity contribution in [3.63, 3.8) is 0 Å². The van der Waals surface area contributed by atoms with Gasteiger partial charge in [0.25, 0.3) is 5.56 Å². The zero-order chi connectivity index (χ0) is 16.4. The number of imidazole rings is 1. The minimum atomic E-state index is -0.326. The minimum absolute atomic E-state index is 0.0419. The van der Waals surface area contributed by atoms with Crippen LogP contribution in [0.15, 0.2) is 9.59 Å². The van der Waals surface area contributed by atoms with Crippen molar-refractivity contribution in [1.29, 1.82) is 0 Å². The number of rotatable bonds is 6. The van der Waals surface area contributed by atoms with Gasteiger partial charge in [-0.2, -0.15) is 0 Å². The Balaban J connectivity index is 2.84. The molecule has 7 nitrogen and oxygen atoms in total. The maximum atomic E-state index is 12.7. The highest BCUT2D eigenvalue weighted by atomic mass is 16.2. The van der Waals surface area contributed by atoms with Crippen molar-refractivity contribution in [3.05, 3.63) is 26.7 Å². The van der Waals surface area contributed by atoms with Crippen LogP contribution in [0.3, 0.4) is 0 Å². The molecule has 2 rings (SSSR count). The third kappa shape index (κ3) is 2.61. The third-order valence-corrected chi connectivity index (χ3v) is 4.04. The van der Waals surface area contributed by atoms with E-state index in [-0.39, 0.29) is 17.3 Å². The van der Waals surface area contributed by atoms with Crippen LogP contribution in [-0.4, -0.2) is 24.7 Å². The van der Waals surface area contributed by atoms with E-state index in [0.717, 1.165) is 25.1 Å². The molecule has 0 aliphatic heterocycles. The third-order valence-electron chi connectivity index (χ3n) is 4.04. The second-order valence-electron chi connectivity index (χ2n) is 5.62. The topological polar surface area (TPSA) is 87.8 Å². The van der Waals surface area contributed by atoms with Crippen LogP contribution in [0.25, 0.3) is 11.2 Å². The number of hydrogen-bond acceptors (Lipinski definition) is 4. The Morgan fingerprint density at radius 3 is 2.41 bits per heavy atom. The number of nitrogens with zero attached hydrogens (tertiary/aromatic N) is 4. The highest BCUT2D eigenvalue weighted by Crippen LogP contribution is 2.14. The Hall–Kier alpha value is -1.89. The van der Waals surface area contributed by atoms with Crippen LogP contribution in [0.4, 0.5) is 0 Å². The largest absolute Gasteiger partial charge is 0.332 e. The maximum absolute atomic E-state index is 12.7. The molecule has 0 saturated heterocycles. The zero-order valence-electron chi connectivity index (χ0n) is 13.8. The van der Waals surface area contributed by atoms with Crippen molar-refractivity contribution in [2.24, 2.45) is 12.8 Å². The van der Waals surface area contributed by atoms with Crippen LogP contribution in [0.5, 0.6) is 0 Å². The summed E-state index contributed by atoms with van der Waals surface area (Å²) in [4.78, 5) is 29.5. The van der Waals surface area contributed by atoms with E-state index >= 15 is 0 Å². The van der Waals surface area contributed by atoms with Crippen molar-refractivity contribution in [2.45, 2.75) is 59.2 Å². The van der Waals surface area contributed by atoms with Gasteiger partial charge in [0.05, 0.1) is 0 Å². The molecule has 0 aliphatic carbocycles. The molecule has 7 heteroatoms. The van der Waals surface area contributed by atoms with Crippen molar-refractivity contribution < 1.29 is 0 Å². The van der Waals surface area contributed by atoms with Crippen LogP contribution >= 0.6 is 0 Å². The monoisotopic (exact) mass is 307 g/mol. The molecule has 0 amide bonds. The van der Waals surface area contributed by atoms with Gasteiger partial charge in [-0.05, 0) is 19.8 Å². The molecule has 22 heavy (non-hydrogen) atoms. The maximum Gasteiger partial charge on any atom is 0.332 e. The summed E-state index contributed by atoms with van der Waals surface area (Å²) in [6.45, 7) is 6.76. The van der Waals surface area contributed by atoms with Crippen molar-refractivity contribution in [3.8, 4) is 0 Å². The van der Waals surface area contributed by atoms with Gasteiger partial charge in [-0.15, -0.1) is 0 Å². The molecule has 2 aromatic rings. The van der Waals surface area contributed by atoms with E-state index in [1.165, 1.54) is 9.13 Å². The number of hydrogen-bond donors (Lipinski definition) is 1. The Bertz CT molecular complexity index is 784. The van der Waals surface area contributed by atoms with Crippen LogP contribution < -0.4 is 17.0 Å². The smallest absolute Gasteiger partial charge is 0.326 e. The first-order valence-electron chi connectivity index (χ1n) is 7.90. The molecular formula is C15H25N5O2. The van der Waals surface area contributed by atoms with Gasteiger partial charge >= 0.3 is 5.69 Å². The second-order valence-corrected chi connectivity index (χ2v) is 5.62. The Morgan fingerprint density at radius 2 is 1.86 bits per heavy atom. The first-order chi connectivity index (χ1) is 10.5. The number of nitrogens with two attached hydrogens (primary N) is 1. The normalized spacial score (nSPS) is 13.0. The number of aromatic nitrogens is 4. The quantitative estimate of drug-likeness (QED) is 0.847. The second kappa shape index (κ2) is 6.48. The lowest BCUT2D eigenvalue weighted by Crippen LogP contribution is -2.39. The van der Waals surface area contributed by atoms with E-state index in [2.05, 4.69) is 11.9 Å². The van der Waals surface area contributed by atoms with Crippen LogP contribution in [0.2, 0.25) is 0 Å². The Morgan fingerprint density at radius 1 is 1.18 bits per heavy atom. The molecule has 1 unspecified atom stereocenters. The van der Waals surface area contributed by atoms with Gasteiger partial charge in [0, 0.05) is 32.6 Å². The molecule has 1 atom stereocenters. The molecule has 0 saturated carbocycles. The average Bonchev–Trinajstić information content (AvgIpc) is 2.85. The van der Waals surface area contributed by atoms with Crippen molar-refractivity contribution in [2.75, 3.05) is 0 Å². The van der Waals surface area contributed by atoms with Gasteiger partial charge in [0.2, 0.25) is 0 Å². The van der Waals surface area contributed by atoms with E-state index in [1.54, 1.807) is 14.0 Å². The van der Waals surface area contributed by atoms with Crippen LogP contribution in [0, 0.1) is 0 Å². The lowest BCUT2D eigenvalue weighted by atomic mass is 10.2. The molecule has 0 fully saturated rings. The van der Waals surface area contributed by atoms with Gasteiger partial charge in [0.1, 0.15) is 5.82 Å². The fourth-order valence-electron chi connectivity index (χ4n) is 2.67. The van der Waals surface area contributed by atoms with Crippen LogP contribution in [0.1, 0.15) is 39.4 Å². The molecular weight excluding hydrogens is 282 g/mol. The van der Waals surface area contributed by atoms with E-state index in [4.69, 9.17) is 5.73 Å². The predicted molar refractivity (Wildman–Crippen MR) is 87.2 cm³/mol. The van der Waals surface area contributed by atoms with Crippen molar-refractivity contribution >= 4 is 11.2 Å². The molecule has 0 spiro atoms. The average molecular weight is 307 g/mol. The summed E-state index contributed by atoms with van der Waals surface area (Å²) in [5.74, 6) is 0.822. The fraction of sp³-hybridized carbons (Fsp3) is 0.667. The molecule has 2 heterocycles. The lowest BCUT2D eigenvalue weighted by Gasteiger charge is -2.14. The zero-order valence-corrected chi connectivity index (χ0v) is 13.8. The van der Waals surface area contributed by atoms with Gasteiger partial charge in [0.15, 0.2) is 11.2 Å². The molecule has 0 aromatic carbocycles. The molecule has 2 aromatic heterocycles. The summed E-state index contributed by atoms with van der Waals surface area (Å²) < 4.78 is 4.60. The van der Waals surface area contributed by atoms with Gasteiger partial charge in [-0.25, -0.2) is 9.78 Å². The number of fused-ring (bicyclic) bond motifs is 1. The summed E-state index contributed by atoms with van der Waals surface area (Å²) in [5.41, 5.74) is 6.41. The van der Waals surface area contributed by atoms with Crippen LogP contribution in [-0.2, 0) is 26.6 Å². The fourth-order valence-corrected chi connectivity index (χ4v) is 2.67. The van der Waals surface area contributed by atoms with E-state index in [9.17, 15) is 9.59 Å². The summed E-state index contributed by atoms with van der Waals surface area (Å²) in [6.07, 6.45) is 2.49. The SMILES string of the molecule is CCCc1nc2c(c(=O)n(CC)c(=O)n2C)n1CC(N)CC. The van der Waals surface area contributed by atoms with E-state index in [1.807, 2.05) is 11.5 Å². The predicted octanol–water partition coefficient (Wildman–Crippen LogP) is 0.606. The highest BCUT2D eigenvalue weighted by Gasteiger charge is 2.20. The van der Waals surface area contributed by atoms with Gasteiger partial charge in [-0.1, -0.05) is 13.8 Å². The standard InChI is InChI=1S/C15H25N5O2/c1-5-8-11-17-13-12(20(11)9-10(16)6-2)14(21)19(7-3)15(22)18(13)4/h10H,5-9,16H2,1-4H3. The van der Waals surface area contributed by atoms with Gasteiger partial charge < -0.3 is 10.3 Å². The summed E-state index contributed by atoms with van der Waals surface area (Å²) >= 11 is 0. The minimum Gasteiger partial charge on any atom is -0.326 e. The van der Waals surface area contributed by atoms with E-state index < -0.39 is 0 Å². The highest BCUT2D eigenvalue weighted by molar-refractivity contribution is 5.71. The molecule has 0 bridgehead atoms. The summed E-state index contributed by atoms with van der Waals surface area (Å²) in [7, 11) is 1.66. The first-order valence-corrected chi connectivity index (χ1v) is 7.90. The van der Waals surface area contributed by atoms with Crippen molar-refractivity contribution in [1.82, 2.24) is 18.7 Å². The number of aryl methyl sites for hydroxylation is 2. The molecule has 122 valence electrons. The van der Waals surface area contributed by atoms with E-state index in [0.29, 0.717) is 24.3 Å². The Labute approximate surface area is 129 Å². The Kier molecular flexibility index (Phi) is 4.85. The molecule has 0 radical (unpaired) electrons. The van der Waals surface area contributed by atoms with Gasteiger partial charge in [-0.3, -0.25) is 13.9 Å².